The summed E-state index contributed by atoms with van der Waals surface area (Å²) in [6.45, 7) is 12.8. The van der Waals surface area contributed by atoms with Crippen molar-refractivity contribution < 1.29 is 29.3 Å². The number of imidazole rings is 1. The molecule has 0 bridgehead atoms. The summed E-state index contributed by atoms with van der Waals surface area (Å²) in [6, 6.07) is 6.08. The Morgan fingerprint density at radius 2 is 2.02 bits per heavy atom. The molecule has 2 aromatic rings. The summed E-state index contributed by atoms with van der Waals surface area (Å²) in [4.78, 5) is 31.2. The number of cyclic esters (lactones) is 1. The second-order valence-corrected chi connectivity index (χ2v) is 18.0. The van der Waals surface area contributed by atoms with Gasteiger partial charge < -0.3 is 30.0 Å². The summed E-state index contributed by atoms with van der Waals surface area (Å²) in [7, 11) is -2.34. The van der Waals surface area contributed by atoms with Gasteiger partial charge in [-0.15, -0.1) is 0 Å². The van der Waals surface area contributed by atoms with Crippen molar-refractivity contribution >= 4 is 31.8 Å². The van der Waals surface area contributed by atoms with Gasteiger partial charge in [0.05, 0.1) is 18.8 Å². The monoisotopic (exact) mass is 565 g/mol. The van der Waals surface area contributed by atoms with Gasteiger partial charge in [0.15, 0.2) is 0 Å². The van der Waals surface area contributed by atoms with Gasteiger partial charge in [0.2, 0.25) is 5.60 Å². The summed E-state index contributed by atoms with van der Waals surface area (Å²) >= 11 is 0. The van der Waals surface area contributed by atoms with E-state index in [1.165, 1.54) is 0 Å². The first kappa shape index (κ1) is 28.2. The number of aromatic nitrogens is 2. The predicted molar refractivity (Wildman–Crippen MR) is 153 cm³/mol. The highest BCUT2D eigenvalue weighted by molar-refractivity contribution is 6.79. The molecular formula is C30H39N3O6Si. The Kier molecular flexibility index (Phi) is 6.78. The maximum absolute atomic E-state index is 13.8. The van der Waals surface area contributed by atoms with Crippen molar-refractivity contribution in [1.82, 2.24) is 9.55 Å². The molecule has 2 aliphatic heterocycles. The van der Waals surface area contributed by atoms with Crippen LogP contribution in [0.2, 0.25) is 19.1 Å². The molecule has 2 atom stereocenters. The second-order valence-electron chi connectivity index (χ2n) is 13.0. The van der Waals surface area contributed by atoms with Crippen molar-refractivity contribution in [3.63, 3.8) is 0 Å². The average Bonchev–Trinajstić information content (AvgIpc) is 3.24. The van der Waals surface area contributed by atoms with Crippen molar-refractivity contribution in [3.05, 3.63) is 57.0 Å². The van der Waals surface area contributed by atoms with E-state index in [1.54, 1.807) is 19.1 Å². The number of aliphatic hydroxyl groups excluding tert-OH is 1. The van der Waals surface area contributed by atoms with Gasteiger partial charge in [-0.3, -0.25) is 4.79 Å². The third-order valence-electron chi connectivity index (χ3n) is 8.45. The molecule has 5 rings (SSSR count). The first-order valence-corrected chi connectivity index (χ1v) is 17.2. The van der Waals surface area contributed by atoms with Crippen molar-refractivity contribution in [2.45, 2.75) is 84.0 Å². The lowest BCUT2D eigenvalue weighted by molar-refractivity contribution is -0.181. The van der Waals surface area contributed by atoms with E-state index < -0.39 is 31.3 Å². The Morgan fingerprint density at radius 1 is 1.30 bits per heavy atom. The number of carbonyl (C=O) groups is 2. The predicted octanol–water partition coefficient (Wildman–Crippen LogP) is 2.56. The highest BCUT2D eigenvalue weighted by atomic mass is 28.3. The minimum Gasteiger partial charge on any atom is -0.508 e. The number of benzene rings is 1. The highest BCUT2D eigenvalue weighted by Gasteiger charge is 2.57. The van der Waals surface area contributed by atoms with E-state index in [-0.39, 0.29) is 36.3 Å². The van der Waals surface area contributed by atoms with E-state index in [0.29, 0.717) is 34.2 Å². The summed E-state index contributed by atoms with van der Waals surface area (Å²) in [5.41, 5.74) is 7.54. The summed E-state index contributed by atoms with van der Waals surface area (Å²) in [6.07, 6.45) is 3.19. The number of aliphatic hydroxyl groups is 1. The molecule has 9 nitrogen and oxygen atoms in total. The van der Waals surface area contributed by atoms with E-state index in [2.05, 4.69) is 33.9 Å². The first-order valence-electron chi connectivity index (χ1n) is 13.9. The molecule has 40 heavy (non-hydrogen) atoms. The lowest BCUT2D eigenvalue weighted by Gasteiger charge is -2.46. The van der Waals surface area contributed by atoms with Crippen LogP contribution in [0.5, 0.6) is 5.75 Å². The Balaban J connectivity index is 1.74. The minimum absolute atomic E-state index is 0.0149. The summed E-state index contributed by atoms with van der Waals surface area (Å²) < 4.78 is 14.0. The molecule has 0 spiro atoms. The molecular weight excluding hydrogens is 526 g/mol. The van der Waals surface area contributed by atoms with Gasteiger partial charge in [-0.25, -0.2) is 9.78 Å². The quantitative estimate of drug-likeness (QED) is 0.306. The molecule has 1 aromatic heterocycles. The van der Waals surface area contributed by atoms with Crippen LogP contribution in [0.4, 0.5) is 0 Å². The van der Waals surface area contributed by atoms with Crippen LogP contribution in [-0.2, 0) is 32.0 Å². The number of carbonyl (C=O) groups excluding carboxylic acids is 2. The van der Waals surface area contributed by atoms with Crippen LogP contribution >= 0.6 is 0 Å². The van der Waals surface area contributed by atoms with Crippen LogP contribution in [0.25, 0.3) is 11.8 Å². The lowest BCUT2D eigenvalue weighted by atomic mass is 9.79. The molecule has 0 radical (unpaired) electrons. The zero-order valence-corrected chi connectivity index (χ0v) is 25.1. The van der Waals surface area contributed by atoms with Crippen LogP contribution < -0.4 is 16.6 Å². The molecule has 10 heteroatoms. The molecule has 1 aliphatic carbocycles. The van der Waals surface area contributed by atoms with Crippen LogP contribution in [0.15, 0.2) is 29.3 Å². The number of hydrogen-bond donors (Lipinski definition) is 3. The van der Waals surface area contributed by atoms with Crippen LogP contribution in [-0.4, -0.2) is 57.6 Å². The molecule has 3 heterocycles. The fraction of sp³-hybridized carbons (Fsp3) is 0.500. The SMILES string of the molecule is CCC1(OC(=O)CN)C(=O)OC([Si](C)(C)CCC(C)(C)C)C2=C1Cc1nc3n(c1=C2O)Cc1ccc(O)cc1C=3. The number of esters is 2. The highest BCUT2D eigenvalue weighted by Crippen LogP contribution is 2.45. The second kappa shape index (κ2) is 9.62. The fourth-order valence-corrected chi connectivity index (χ4v) is 9.23. The maximum Gasteiger partial charge on any atom is 0.355 e. The average molecular weight is 566 g/mol. The normalized spacial score (nSPS) is 22.0. The van der Waals surface area contributed by atoms with Crippen molar-refractivity contribution in [2.75, 3.05) is 6.54 Å². The number of rotatable bonds is 6. The Labute approximate surface area is 235 Å². The topological polar surface area (TPSA) is 137 Å². The first-order chi connectivity index (χ1) is 18.7. The maximum atomic E-state index is 13.8. The number of nitrogens with two attached hydrogens (primary N) is 1. The van der Waals surface area contributed by atoms with Gasteiger partial charge in [-0.05, 0) is 41.2 Å². The molecule has 0 saturated carbocycles. The third-order valence-corrected chi connectivity index (χ3v) is 11.8. The molecule has 3 aliphatic rings. The Hall–Kier alpha value is -3.37. The van der Waals surface area contributed by atoms with Crippen LogP contribution in [0.1, 0.15) is 57.4 Å². The van der Waals surface area contributed by atoms with E-state index in [4.69, 9.17) is 20.2 Å². The number of hydrogen-bond acceptors (Lipinski definition) is 8. The summed E-state index contributed by atoms with van der Waals surface area (Å²) in [5.74, 6) is -1.15. The van der Waals surface area contributed by atoms with Crippen molar-refractivity contribution in [1.29, 1.82) is 0 Å². The van der Waals surface area contributed by atoms with Gasteiger partial charge in [0.25, 0.3) is 0 Å². The Bertz CT molecular complexity index is 1560. The molecule has 0 amide bonds. The molecule has 0 saturated heterocycles. The lowest BCUT2D eigenvalue weighted by Crippen LogP contribution is -2.59. The molecule has 214 valence electrons. The van der Waals surface area contributed by atoms with Gasteiger partial charge in [0.1, 0.15) is 36.1 Å². The molecule has 1 aromatic carbocycles. The van der Waals surface area contributed by atoms with Crippen LogP contribution in [0, 0.1) is 5.41 Å². The van der Waals surface area contributed by atoms with Gasteiger partial charge in [-0.1, -0.05) is 59.3 Å². The molecule has 0 fully saturated rings. The largest absolute Gasteiger partial charge is 0.508 e. The molecule has 4 N–H and O–H groups in total. The minimum atomic E-state index is -2.34. The number of fused-ring (bicyclic) bond motifs is 4. The Morgan fingerprint density at radius 3 is 2.67 bits per heavy atom. The summed E-state index contributed by atoms with van der Waals surface area (Å²) in [5, 5.41) is 22.6. The fourth-order valence-electron chi connectivity index (χ4n) is 6.06. The van der Waals surface area contributed by atoms with Crippen molar-refractivity contribution in [2.24, 2.45) is 11.1 Å². The van der Waals surface area contributed by atoms with Gasteiger partial charge in [-0.2, -0.15) is 0 Å². The number of phenols is 1. The molecule has 2 unspecified atom stereocenters. The number of phenolic OH excluding ortho intramolecular Hbond substituents is 1. The number of nitrogens with zero attached hydrogens (tertiary/aromatic N) is 2. The zero-order chi connectivity index (χ0) is 29.2. The van der Waals surface area contributed by atoms with E-state index >= 15 is 0 Å². The van der Waals surface area contributed by atoms with Gasteiger partial charge >= 0.3 is 11.9 Å². The van der Waals surface area contributed by atoms with Crippen molar-refractivity contribution in [3.8, 4) is 5.75 Å². The van der Waals surface area contributed by atoms with E-state index in [0.717, 1.165) is 23.6 Å². The van der Waals surface area contributed by atoms with E-state index in [9.17, 15) is 19.8 Å². The smallest absolute Gasteiger partial charge is 0.355 e. The van der Waals surface area contributed by atoms with E-state index in [1.807, 2.05) is 16.7 Å². The number of aromatic hydroxyl groups is 1. The number of ether oxygens (including phenoxy) is 2. The van der Waals surface area contributed by atoms with Crippen LogP contribution in [0.3, 0.4) is 0 Å². The zero-order valence-electron chi connectivity index (χ0n) is 24.1. The third kappa shape index (κ3) is 4.56. The van der Waals surface area contributed by atoms with Gasteiger partial charge in [0, 0.05) is 17.6 Å². The standard InChI is InChI=1S/C30H39N3O6Si/c1-7-30(39-23(35)15-31)20-14-21-25(33-16-17-8-9-19(34)12-18(17)13-22(33)32-21)26(36)24(20)27(38-28(30)37)40(5,6)11-10-29(2,3)4/h8-9,12-13,27,34,36H,7,10-11,14-16,31H2,1-6H3.